The van der Waals surface area contributed by atoms with Crippen LogP contribution in [0.3, 0.4) is 0 Å². The molecule has 3 heteroatoms. The zero-order valence-corrected chi connectivity index (χ0v) is 12.2. The number of hydrogen-bond acceptors (Lipinski definition) is 2. The number of ketones is 1. The van der Waals surface area contributed by atoms with E-state index in [9.17, 15) is 4.79 Å². The molecule has 0 N–H and O–H groups in total. The number of rotatable bonds is 3. The molecule has 1 saturated carbocycles. The summed E-state index contributed by atoms with van der Waals surface area (Å²) >= 11 is 6.09. The second-order valence-electron chi connectivity index (χ2n) is 5.26. The number of halogens is 1. The average molecular weight is 281 g/mol. The lowest BCUT2D eigenvalue weighted by atomic mass is 9.86. The van der Waals surface area contributed by atoms with Crippen LogP contribution in [0, 0.1) is 5.92 Å². The smallest absolute Gasteiger partial charge is 0.165 e. The summed E-state index contributed by atoms with van der Waals surface area (Å²) in [5, 5.41) is 0.513. The van der Waals surface area contributed by atoms with Crippen molar-refractivity contribution in [3.8, 4) is 5.75 Å². The van der Waals surface area contributed by atoms with Gasteiger partial charge in [0, 0.05) is 11.5 Å². The molecule has 0 aliphatic heterocycles. The van der Waals surface area contributed by atoms with Gasteiger partial charge in [0.05, 0.1) is 12.1 Å². The predicted octanol–water partition coefficient (Wildman–Crippen LogP) is 4.89. The Morgan fingerprint density at radius 2 is 1.79 bits per heavy atom. The molecule has 0 bridgehead atoms. The monoisotopic (exact) mass is 280 g/mol. The minimum absolute atomic E-state index is 0.171. The predicted molar refractivity (Wildman–Crippen MR) is 78.1 cm³/mol. The fourth-order valence-electron chi connectivity index (χ4n) is 2.77. The molecule has 0 saturated heterocycles. The van der Waals surface area contributed by atoms with Crippen molar-refractivity contribution in [2.24, 2.45) is 5.92 Å². The summed E-state index contributed by atoms with van der Waals surface area (Å²) < 4.78 is 5.12. The molecule has 19 heavy (non-hydrogen) atoms. The molecule has 0 atom stereocenters. The van der Waals surface area contributed by atoms with Crippen LogP contribution in [0.5, 0.6) is 5.75 Å². The van der Waals surface area contributed by atoms with E-state index in [0.717, 1.165) is 18.4 Å². The fraction of sp³-hybridized carbons (Fsp3) is 0.562. The van der Waals surface area contributed by atoms with Crippen LogP contribution in [0.2, 0.25) is 5.02 Å². The van der Waals surface area contributed by atoms with E-state index in [1.165, 1.54) is 32.1 Å². The largest absolute Gasteiger partial charge is 0.495 e. The molecule has 0 unspecified atom stereocenters. The Hall–Kier alpha value is -1.02. The first-order valence-electron chi connectivity index (χ1n) is 7.10. The molecule has 0 spiro atoms. The summed E-state index contributed by atoms with van der Waals surface area (Å²) in [5.41, 5.74) is 0.719. The van der Waals surface area contributed by atoms with E-state index in [1.807, 2.05) is 6.07 Å². The highest BCUT2D eigenvalue weighted by Gasteiger charge is 2.21. The Morgan fingerprint density at radius 1 is 1.16 bits per heavy atom. The number of carbonyl (C=O) groups is 1. The first-order valence-corrected chi connectivity index (χ1v) is 7.48. The second-order valence-corrected chi connectivity index (χ2v) is 5.66. The first-order chi connectivity index (χ1) is 9.22. The van der Waals surface area contributed by atoms with Crippen molar-refractivity contribution < 1.29 is 9.53 Å². The summed E-state index contributed by atoms with van der Waals surface area (Å²) in [4.78, 5) is 12.5. The number of Topliss-reactive ketones (excluding diaryl/α,β-unsaturated/α-hetero) is 1. The highest BCUT2D eigenvalue weighted by molar-refractivity contribution is 6.32. The van der Waals surface area contributed by atoms with E-state index in [4.69, 9.17) is 16.3 Å². The highest BCUT2D eigenvalue weighted by Crippen LogP contribution is 2.29. The van der Waals surface area contributed by atoms with Gasteiger partial charge in [-0.25, -0.2) is 0 Å². The van der Waals surface area contributed by atoms with Crippen LogP contribution >= 0.6 is 11.6 Å². The SMILES string of the molecule is COc1ccc(C(=O)C2CCCCCCC2)cc1Cl. The molecule has 1 aromatic carbocycles. The van der Waals surface area contributed by atoms with Crippen molar-refractivity contribution >= 4 is 17.4 Å². The van der Waals surface area contributed by atoms with Crippen molar-refractivity contribution in [3.63, 3.8) is 0 Å². The molecule has 1 aromatic rings. The summed E-state index contributed by atoms with van der Waals surface area (Å²) in [6.45, 7) is 0. The molecule has 2 nitrogen and oxygen atoms in total. The maximum atomic E-state index is 12.5. The van der Waals surface area contributed by atoms with Gasteiger partial charge in [-0.1, -0.05) is 43.7 Å². The van der Waals surface area contributed by atoms with Gasteiger partial charge in [0.15, 0.2) is 5.78 Å². The van der Waals surface area contributed by atoms with Crippen molar-refractivity contribution in [2.75, 3.05) is 7.11 Å². The standard InChI is InChI=1S/C16H21ClO2/c1-19-15-10-9-13(11-14(15)17)16(18)12-7-5-3-2-4-6-8-12/h9-12H,2-8H2,1H3. The fourth-order valence-corrected chi connectivity index (χ4v) is 3.03. The Labute approximate surface area is 120 Å². The maximum Gasteiger partial charge on any atom is 0.165 e. The number of benzene rings is 1. The van der Waals surface area contributed by atoms with E-state index >= 15 is 0 Å². The van der Waals surface area contributed by atoms with Gasteiger partial charge in [-0.05, 0) is 31.0 Å². The molecule has 0 aromatic heterocycles. The van der Waals surface area contributed by atoms with Crippen LogP contribution in [0.4, 0.5) is 0 Å². The van der Waals surface area contributed by atoms with Crippen molar-refractivity contribution in [3.05, 3.63) is 28.8 Å². The zero-order valence-electron chi connectivity index (χ0n) is 11.5. The van der Waals surface area contributed by atoms with Gasteiger partial charge >= 0.3 is 0 Å². The van der Waals surface area contributed by atoms with E-state index in [1.54, 1.807) is 19.2 Å². The molecule has 104 valence electrons. The number of hydrogen-bond donors (Lipinski definition) is 0. The normalized spacial score (nSPS) is 17.6. The zero-order chi connectivity index (χ0) is 13.7. The third-order valence-electron chi connectivity index (χ3n) is 3.91. The van der Waals surface area contributed by atoms with Crippen LogP contribution in [0.15, 0.2) is 18.2 Å². The Kier molecular flexibility index (Phi) is 5.26. The van der Waals surface area contributed by atoms with E-state index in [-0.39, 0.29) is 11.7 Å². The lowest BCUT2D eigenvalue weighted by Gasteiger charge is -2.18. The first kappa shape index (κ1) is 14.4. The molecule has 0 amide bonds. The highest BCUT2D eigenvalue weighted by atomic mass is 35.5. The second kappa shape index (κ2) is 6.95. The lowest BCUT2D eigenvalue weighted by molar-refractivity contribution is 0.0898. The minimum atomic E-state index is 0.171. The Balaban J connectivity index is 2.11. The van der Waals surface area contributed by atoms with Crippen LogP contribution in [-0.4, -0.2) is 12.9 Å². The Morgan fingerprint density at radius 3 is 2.37 bits per heavy atom. The number of ether oxygens (including phenoxy) is 1. The summed E-state index contributed by atoms with van der Waals surface area (Å²) in [6.07, 6.45) is 8.20. The van der Waals surface area contributed by atoms with Crippen molar-refractivity contribution in [1.82, 2.24) is 0 Å². The van der Waals surface area contributed by atoms with Crippen molar-refractivity contribution in [1.29, 1.82) is 0 Å². The van der Waals surface area contributed by atoms with Crippen LogP contribution < -0.4 is 4.74 Å². The van der Waals surface area contributed by atoms with E-state index < -0.39 is 0 Å². The summed E-state index contributed by atoms with van der Waals surface area (Å²) in [6, 6.07) is 5.34. The van der Waals surface area contributed by atoms with Gasteiger partial charge in [0.1, 0.15) is 5.75 Å². The minimum Gasteiger partial charge on any atom is -0.495 e. The molecular weight excluding hydrogens is 260 g/mol. The molecule has 2 rings (SSSR count). The molecule has 1 fully saturated rings. The average Bonchev–Trinajstić information content (AvgIpc) is 2.37. The maximum absolute atomic E-state index is 12.5. The summed E-state index contributed by atoms with van der Waals surface area (Å²) in [5.74, 6) is 1.03. The quantitative estimate of drug-likeness (QED) is 0.737. The number of methoxy groups -OCH3 is 1. The van der Waals surface area contributed by atoms with E-state index in [0.29, 0.717) is 10.8 Å². The molecule has 0 radical (unpaired) electrons. The van der Waals surface area contributed by atoms with Gasteiger partial charge < -0.3 is 4.74 Å². The van der Waals surface area contributed by atoms with Gasteiger partial charge in [0.2, 0.25) is 0 Å². The molecule has 1 aliphatic carbocycles. The van der Waals surface area contributed by atoms with Gasteiger partial charge in [-0.3, -0.25) is 4.79 Å². The molecule has 0 heterocycles. The third-order valence-corrected chi connectivity index (χ3v) is 4.21. The summed E-state index contributed by atoms with van der Waals surface area (Å²) in [7, 11) is 1.58. The lowest BCUT2D eigenvalue weighted by Crippen LogP contribution is -2.16. The van der Waals surface area contributed by atoms with Gasteiger partial charge in [0.25, 0.3) is 0 Å². The molecule has 1 aliphatic rings. The van der Waals surface area contributed by atoms with Crippen molar-refractivity contribution in [2.45, 2.75) is 44.9 Å². The van der Waals surface area contributed by atoms with Gasteiger partial charge in [-0.2, -0.15) is 0 Å². The van der Waals surface area contributed by atoms with Crippen LogP contribution in [0.1, 0.15) is 55.3 Å². The molecular formula is C16H21ClO2. The topological polar surface area (TPSA) is 26.3 Å². The third kappa shape index (κ3) is 3.73. The van der Waals surface area contributed by atoms with Crippen LogP contribution in [-0.2, 0) is 0 Å². The van der Waals surface area contributed by atoms with E-state index in [2.05, 4.69) is 0 Å². The van der Waals surface area contributed by atoms with Crippen LogP contribution in [0.25, 0.3) is 0 Å². The van der Waals surface area contributed by atoms with Gasteiger partial charge in [-0.15, -0.1) is 0 Å². The Bertz CT molecular complexity index is 434. The number of carbonyl (C=O) groups excluding carboxylic acids is 1.